The van der Waals surface area contributed by atoms with Crippen molar-refractivity contribution in [3.05, 3.63) is 46.6 Å². The molecule has 2 N–H and O–H groups in total. The van der Waals surface area contributed by atoms with Crippen molar-refractivity contribution in [1.82, 2.24) is 19.7 Å². The zero-order valence-corrected chi connectivity index (χ0v) is 10.6. The third kappa shape index (κ3) is 1.87. The van der Waals surface area contributed by atoms with E-state index in [1.807, 2.05) is 18.3 Å². The van der Waals surface area contributed by atoms with Gasteiger partial charge in [-0.1, -0.05) is 0 Å². The smallest absolute Gasteiger partial charge is 0.271 e. The number of H-pyrrole nitrogens is 1. The molecule has 0 bridgehead atoms. The lowest BCUT2D eigenvalue weighted by Gasteiger charge is -2.09. The molecule has 96 valence electrons. The highest BCUT2D eigenvalue weighted by molar-refractivity contribution is 5.91. The maximum atomic E-state index is 11.8. The van der Waals surface area contributed by atoms with Crippen LogP contribution in [-0.2, 0) is 7.05 Å². The normalized spacial score (nSPS) is 10.8. The molecule has 0 aliphatic heterocycles. The van der Waals surface area contributed by atoms with Gasteiger partial charge in [0.1, 0.15) is 5.82 Å². The number of nitrogens with one attached hydrogen (secondary N) is 2. The summed E-state index contributed by atoms with van der Waals surface area (Å²) in [6, 6.07) is 3.84. The van der Waals surface area contributed by atoms with Gasteiger partial charge in [0.25, 0.3) is 5.56 Å². The van der Waals surface area contributed by atoms with Gasteiger partial charge in [0, 0.05) is 30.4 Å². The summed E-state index contributed by atoms with van der Waals surface area (Å²) in [6.07, 6.45) is 5.20. The Labute approximate surface area is 109 Å². The van der Waals surface area contributed by atoms with Gasteiger partial charge in [-0.2, -0.15) is 5.10 Å². The second-order valence-corrected chi connectivity index (χ2v) is 4.34. The van der Waals surface area contributed by atoms with Crippen molar-refractivity contribution >= 4 is 22.4 Å². The fraction of sp³-hybridized carbons (Fsp3) is 0.154. The number of fused-ring (bicyclic) bond motifs is 1. The molecule has 0 saturated heterocycles. The van der Waals surface area contributed by atoms with Gasteiger partial charge in [-0.05, 0) is 19.1 Å². The Morgan fingerprint density at radius 3 is 3.05 bits per heavy atom. The van der Waals surface area contributed by atoms with Crippen LogP contribution in [0.2, 0.25) is 0 Å². The third-order valence-corrected chi connectivity index (χ3v) is 3.11. The number of rotatable bonds is 2. The predicted octanol–water partition coefficient (Wildman–Crippen LogP) is 1.71. The minimum atomic E-state index is -0.119. The molecule has 0 fully saturated rings. The molecule has 3 aromatic heterocycles. The molecule has 0 aromatic carbocycles. The van der Waals surface area contributed by atoms with E-state index in [-0.39, 0.29) is 5.56 Å². The van der Waals surface area contributed by atoms with E-state index in [1.54, 1.807) is 26.4 Å². The largest absolute Gasteiger partial charge is 0.361 e. The molecule has 0 atom stereocenters. The Kier molecular flexibility index (Phi) is 2.56. The van der Waals surface area contributed by atoms with Crippen molar-refractivity contribution in [1.29, 1.82) is 0 Å². The van der Waals surface area contributed by atoms with E-state index in [0.717, 1.165) is 10.9 Å². The highest BCUT2D eigenvalue weighted by Crippen LogP contribution is 2.23. The van der Waals surface area contributed by atoms with Crippen LogP contribution in [-0.4, -0.2) is 19.7 Å². The fourth-order valence-corrected chi connectivity index (χ4v) is 1.99. The Hall–Kier alpha value is -2.63. The Balaban J connectivity index is 2.09. The number of anilines is 2. The molecule has 3 heterocycles. The van der Waals surface area contributed by atoms with Gasteiger partial charge in [-0.25, -0.2) is 9.67 Å². The van der Waals surface area contributed by atoms with Gasteiger partial charge in [0.15, 0.2) is 0 Å². The number of nitrogens with zero attached hydrogens (tertiary/aromatic N) is 3. The Bertz CT molecular complexity index is 802. The molecule has 0 saturated carbocycles. The number of aromatic nitrogens is 4. The van der Waals surface area contributed by atoms with E-state index in [0.29, 0.717) is 17.1 Å². The first-order valence-electron chi connectivity index (χ1n) is 5.89. The van der Waals surface area contributed by atoms with E-state index < -0.39 is 0 Å². The molecule has 19 heavy (non-hydrogen) atoms. The van der Waals surface area contributed by atoms with Crippen LogP contribution >= 0.6 is 0 Å². The third-order valence-electron chi connectivity index (χ3n) is 3.11. The molecule has 0 unspecified atom stereocenters. The summed E-state index contributed by atoms with van der Waals surface area (Å²) in [5, 5.41) is 8.15. The average molecular weight is 255 g/mol. The number of hydrogen-bond acceptors (Lipinski definition) is 4. The lowest BCUT2D eigenvalue weighted by molar-refractivity contribution is 0.702. The summed E-state index contributed by atoms with van der Waals surface area (Å²) in [6.45, 7) is 1.77. The van der Waals surface area contributed by atoms with Crippen molar-refractivity contribution in [2.75, 3.05) is 5.32 Å². The molecule has 0 spiro atoms. The van der Waals surface area contributed by atoms with Crippen molar-refractivity contribution < 1.29 is 0 Å². The average Bonchev–Trinajstić information content (AvgIpc) is 2.89. The molecule has 3 rings (SSSR count). The number of pyridine rings is 1. The van der Waals surface area contributed by atoms with E-state index in [2.05, 4.69) is 20.4 Å². The first-order valence-corrected chi connectivity index (χ1v) is 5.89. The SMILES string of the molecule is Cc1c(Nc2nccc3[nH]ccc23)cnn(C)c1=O. The van der Waals surface area contributed by atoms with Gasteiger partial charge in [-0.3, -0.25) is 4.79 Å². The predicted molar refractivity (Wildman–Crippen MR) is 73.6 cm³/mol. The van der Waals surface area contributed by atoms with Crippen LogP contribution in [0.5, 0.6) is 0 Å². The second kappa shape index (κ2) is 4.24. The van der Waals surface area contributed by atoms with Gasteiger partial charge < -0.3 is 10.3 Å². The number of aromatic amines is 1. The maximum Gasteiger partial charge on any atom is 0.271 e. The van der Waals surface area contributed by atoms with Crippen LogP contribution in [0.25, 0.3) is 10.9 Å². The lowest BCUT2D eigenvalue weighted by atomic mass is 10.2. The van der Waals surface area contributed by atoms with E-state index >= 15 is 0 Å². The van der Waals surface area contributed by atoms with Crippen molar-refractivity contribution in [3.8, 4) is 0 Å². The van der Waals surface area contributed by atoms with Crippen LogP contribution in [0, 0.1) is 6.92 Å². The van der Waals surface area contributed by atoms with Crippen LogP contribution in [0.3, 0.4) is 0 Å². The number of hydrogen-bond donors (Lipinski definition) is 2. The first-order chi connectivity index (χ1) is 9.16. The topological polar surface area (TPSA) is 75.6 Å². The summed E-state index contributed by atoms with van der Waals surface area (Å²) in [4.78, 5) is 19.2. The quantitative estimate of drug-likeness (QED) is 0.731. The molecule has 6 nitrogen and oxygen atoms in total. The van der Waals surface area contributed by atoms with Crippen LogP contribution in [0.4, 0.5) is 11.5 Å². The summed E-state index contributed by atoms with van der Waals surface area (Å²) < 4.78 is 1.31. The minimum absolute atomic E-state index is 0.119. The molecular formula is C13H13N5O. The fourth-order valence-electron chi connectivity index (χ4n) is 1.99. The molecular weight excluding hydrogens is 242 g/mol. The number of aryl methyl sites for hydroxylation is 1. The minimum Gasteiger partial charge on any atom is -0.361 e. The molecule has 0 amide bonds. The van der Waals surface area contributed by atoms with Crippen LogP contribution < -0.4 is 10.9 Å². The van der Waals surface area contributed by atoms with E-state index in [9.17, 15) is 4.79 Å². The first kappa shape index (κ1) is 11.5. The van der Waals surface area contributed by atoms with E-state index in [4.69, 9.17) is 0 Å². The molecule has 0 aliphatic rings. The highest BCUT2D eigenvalue weighted by Gasteiger charge is 2.08. The summed E-state index contributed by atoms with van der Waals surface area (Å²) in [5.41, 5.74) is 2.16. The van der Waals surface area contributed by atoms with E-state index in [1.165, 1.54) is 4.68 Å². The zero-order chi connectivity index (χ0) is 13.4. The van der Waals surface area contributed by atoms with Crippen LogP contribution in [0.1, 0.15) is 5.56 Å². The Morgan fingerprint density at radius 2 is 2.21 bits per heavy atom. The second-order valence-electron chi connectivity index (χ2n) is 4.34. The lowest BCUT2D eigenvalue weighted by Crippen LogP contribution is -2.22. The van der Waals surface area contributed by atoms with Gasteiger partial charge in [0.05, 0.1) is 17.4 Å². The standard InChI is InChI=1S/C13H13N5O/c1-8-11(7-16-18(2)13(8)19)17-12-9-3-5-14-10(9)4-6-15-12/h3-7,14H,1-2H3,(H,15,17). The van der Waals surface area contributed by atoms with Crippen molar-refractivity contribution in [2.45, 2.75) is 6.92 Å². The van der Waals surface area contributed by atoms with Gasteiger partial charge >= 0.3 is 0 Å². The summed E-state index contributed by atoms with van der Waals surface area (Å²) in [5.74, 6) is 0.705. The van der Waals surface area contributed by atoms with Gasteiger partial charge in [0.2, 0.25) is 0 Å². The van der Waals surface area contributed by atoms with Gasteiger partial charge in [-0.15, -0.1) is 0 Å². The molecule has 6 heteroatoms. The summed E-state index contributed by atoms with van der Waals surface area (Å²) >= 11 is 0. The van der Waals surface area contributed by atoms with Crippen molar-refractivity contribution in [2.24, 2.45) is 7.05 Å². The highest BCUT2D eigenvalue weighted by atomic mass is 16.1. The molecule has 3 aromatic rings. The molecule has 0 radical (unpaired) electrons. The zero-order valence-electron chi connectivity index (χ0n) is 10.6. The Morgan fingerprint density at radius 1 is 1.37 bits per heavy atom. The monoisotopic (exact) mass is 255 g/mol. The molecule has 0 aliphatic carbocycles. The van der Waals surface area contributed by atoms with Crippen molar-refractivity contribution in [3.63, 3.8) is 0 Å². The maximum absolute atomic E-state index is 11.8. The summed E-state index contributed by atoms with van der Waals surface area (Å²) in [7, 11) is 1.63. The van der Waals surface area contributed by atoms with Crippen LogP contribution in [0.15, 0.2) is 35.5 Å².